The minimum atomic E-state index is -3.97. The third kappa shape index (κ3) is 4.25. The van der Waals surface area contributed by atoms with Gasteiger partial charge >= 0.3 is 0 Å². The van der Waals surface area contributed by atoms with E-state index in [4.69, 9.17) is 11.6 Å². The van der Waals surface area contributed by atoms with Crippen LogP contribution in [0.25, 0.3) is 21.9 Å². The Hall–Kier alpha value is -3.40. The summed E-state index contributed by atoms with van der Waals surface area (Å²) in [5.41, 5.74) is 1.31. The predicted molar refractivity (Wildman–Crippen MR) is 127 cm³/mol. The second kappa shape index (κ2) is 8.75. The minimum Gasteiger partial charge on any atom is -0.308 e. The van der Waals surface area contributed by atoms with Crippen LogP contribution in [0.5, 0.6) is 0 Å². The molecule has 1 aromatic heterocycles. The molecule has 4 aromatic rings. The zero-order valence-electron chi connectivity index (χ0n) is 17.7. The molecule has 2 heterocycles. The first kappa shape index (κ1) is 22.4. The van der Waals surface area contributed by atoms with E-state index in [0.717, 1.165) is 5.39 Å². The summed E-state index contributed by atoms with van der Waals surface area (Å²) in [6.45, 7) is 0.187. The number of rotatable bonds is 5. The van der Waals surface area contributed by atoms with Crippen LogP contribution < -0.4 is 9.62 Å². The van der Waals surface area contributed by atoms with Gasteiger partial charge in [0.25, 0.3) is 0 Å². The Kier molecular flexibility index (Phi) is 5.76. The first-order chi connectivity index (χ1) is 16.3. The maximum Gasteiger partial charge on any atom is 0.245 e. The lowest BCUT2D eigenvalue weighted by Gasteiger charge is -2.18. The Labute approximate surface area is 200 Å². The fourth-order valence-corrected chi connectivity index (χ4v) is 5.44. The number of sulfonamides is 1. The van der Waals surface area contributed by atoms with Crippen LogP contribution in [0.2, 0.25) is 5.02 Å². The van der Waals surface area contributed by atoms with Crippen LogP contribution in [0.1, 0.15) is 6.42 Å². The van der Waals surface area contributed by atoms with Crippen LogP contribution >= 0.6 is 11.6 Å². The summed E-state index contributed by atoms with van der Waals surface area (Å²) < 4.78 is 43.3. The predicted octanol–water partition coefficient (Wildman–Crippen LogP) is 4.17. The summed E-state index contributed by atoms with van der Waals surface area (Å²) in [6, 6.07) is 13.3. The molecule has 1 fully saturated rings. The van der Waals surface area contributed by atoms with Gasteiger partial charge in [0, 0.05) is 29.5 Å². The Morgan fingerprint density at radius 2 is 1.71 bits per heavy atom. The highest BCUT2D eigenvalue weighted by Gasteiger charge is 2.36. The maximum absolute atomic E-state index is 14.9. The molecule has 1 atom stereocenters. The smallest absolute Gasteiger partial charge is 0.245 e. The van der Waals surface area contributed by atoms with Gasteiger partial charge in [-0.15, -0.1) is 0 Å². The quantitative estimate of drug-likeness (QED) is 0.447. The van der Waals surface area contributed by atoms with E-state index in [1.54, 1.807) is 42.7 Å². The number of fused-ring (bicyclic) bond motifs is 1. The van der Waals surface area contributed by atoms with E-state index in [1.165, 1.54) is 35.5 Å². The molecule has 5 rings (SSSR count). The molecule has 0 spiro atoms. The van der Waals surface area contributed by atoms with E-state index in [2.05, 4.69) is 14.7 Å². The zero-order valence-corrected chi connectivity index (χ0v) is 19.2. The zero-order chi connectivity index (χ0) is 23.9. The van der Waals surface area contributed by atoms with Crippen molar-refractivity contribution in [2.75, 3.05) is 11.4 Å². The normalized spacial score (nSPS) is 16.4. The number of hydrogen-bond acceptors (Lipinski definition) is 5. The highest BCUT2D eigenvalue weighted by atomic mass is 35.5. The summed E-state index contributed by atoms with van der Waals surface area (Å²) in [7, 11) is -3.97. The number of nitrogens with zero attached hydrogens (tertiary/aromatic N) is 3. The Bertz CT molecular complexity index is 1520. The lowest BCUT2D eigenvalue weighted by molar-refractivity contribution is -0.118. The van der Waals surface area contributed by atoms with Gasteiger partial charge in [-0.05, 0) is 59.2 Å². The first-order valence-corrected chi connectivity index (χ1v) is 12.3. The number of aromatic nitrogens is 2. The molecular weight excluding hydrogens is 479 g/mol. The van der Waals surface area contributed by atoms with E-state index in [9.17, 15) is 17.6 Å². The lowest BCUT2D eigenvalue weighted by atomic mass is 10.1. The van der Waals surface area contributed by atoms with Crippen molar-refractivity contribution in [3.8, 4) is 11.1 Å². The van der Waals surface area contributed by atoms with Crippen molar-refractivity contribution in [2.24, 2.45) is 0 Å². The molecule has 0 unspecified atom stereocenters. The molecule has 172 valence electrons. The van der Waals surface area contributed by atoms with Gasteiger partial charge in [0.15, 0.2) is 0 Å². The maximum atomic E-state index is 14.9. The topological polar surface area (TPSA) is 92.3 Å². The fraction of sp³-hybridized carbons (Fsp3) is 0.125. The number of benzene rings is 3. The number of carbonyl (C=O) groups is 1. The molecule has 0 radical (unpaired) electrons. The van der Waals surface area contributed by atoms with Crippen molar-refractivity contribution >= 4 is 44.0 Å². The summed E-state index contributed by atoms with van der Waals surface area (Å²) in [5, 5.41) is 2.06. The molecule has 7 nitrogen and oxygen atoms in total. The second-order valence-corrected chi connectivity index (χ2v) is 10.0. The van der Waals surface area contributed by atoms with Crippen molar-refractivity contribution in [2.45, 2.75) is 17.4 Å². The summed E-state index contributed by atoms with van der Waals surface area (Å²) >= 11 is 5.99. The molecule has 10 heteroatoms. The average molecular weight is 497 g/mol. The molecular formula is C24H18ClFN4O3S. The van der Waals surface area contributed by atoms with E-state index in [1.807, 2.05) is 0 Å². The third-order valence-corrected chi connectivity index (χ3v) is 7.42. The molecule has 1 amide bonds. The van der Waals surface area contributed by atoms with Crippen molar-refractivity contribution in [1.29, 1.82) is 0 Å². The number of halogens is 2. The number of amides is 1. The molecule has 1 N–H and O–H groups in total. The number of carbonyl (C=O) groups excluding carboxylic acids is 1. The van der Waals surface area contributed by atoms with Gasteiger partial charge < -0.3 is 4.90 Å². The fourth-order valence-electron chi connectivity index (χ4n) is 4.00. The minimum absolute atomic E-state index is 0.0363. The summed E-state index contributed by atoms with van der Waals surface area (Å²) in [6.07, 6.45) is 4.73. The van der Waals surface area contributed by atoms with E-state index < -0.39 is 27.8 Å². The van der Waals surface area contributed by atoms with Crippen molar-refractivity contribution < 1.29 is 17.6 Å². The SMILES string of the molecule is O=C1[C@@H](NS(=O)(=O)c2ccc3cc(Cl)ccc3c2)CCN1c1ccc(-c2cncnc2)cc1F. The van der Waals surface area contributed by atoms with Crippen LogP contribution in [0.15, 0.2) is 78.2 Å². The largest absolute Gasteiger partial charge is 0.308 e. The molecule has 0 saturated carbocycles. The standard InChI is InChI=1S/C24H18ClFN4O3S/c25-19-4-1-16-10-20(5-2-15(16)9-19)34(32,33)29-22-7-8-30(24(22)31)23-6-3-17(11-21(23)26)18-12-27-14-28-13-18/h1-6,9-14,22,29H,7-8H2/t22-/m0/s1. The van der Waals surface area contributed by atoms with Crippen LogP contribution in [-0.4, -0.2) is 36.9 Å². The molecule has 0 bridgehead atoms. The van der Waals surface area contributed by atoms with E-state index in [0.29, 0.717) is 21.5 Å². The van der Waals surface area contributed by atoms with Crippen molar-refractivity contribution in [3.05, 3.63) is 84.2 Å². The molecule has 1 aliphatic rings. The van der Waals surface area contributed by atoms with Gasteiger partial charge in [-0.2, -0.15) is 4.72 Å². The molecule has 1 saturated heterocycles. The number of nitrogens with one attached hydrogen (secondary N) is 1. The van der Waals surface area contributed by atoms with Gasteiger partial charge in [-0.1, -0.05) is 29.8 Å². The van der Waals surface area contributed by atoms with Crippen LogP contribution in [0.3, 0.4) is 0 Å². The molecule has 3 aromatic carbocycles. The monoisotopic (exact) mass is 496 g/mol. The lowest BCUT2D eigenvalue weighted by Crippen LogP contribution is -2.41. The molecule has 34 heavy (non-hydrogen) atoms. The third-order valence-electron chi connectivity index (χ3n) is 5.72. The van der Waals surface area contributed by atoms with Gasteiger partial charge in [0.2, 0.25) is 15.9 Å². The number of hydrogen-bond donors (Lipinski definition) is 1. The summed E-state index contributed by atoms with van der Waals surface area (Å²) in [4.78, 5) is 22.1. The van der Waals surface area contributed by atoms with Crippen LogP contribution in [0.4, 0.5) is 10.1 Å². The van der Waals surface area contributed by atoms with E-state index >= 15 is 0 Å². The highest BCUT2D eigenvalue weighted by Crippen LogP contribution is 2.30. The first-order valence-electron chi connectivity index (χ1n) is 10.4. The Morgan fingerprint density at radius 1 is 0.971 bits per heavy atom. The molecule has 0 aliphatic carbocycles. The summed E-state index contributed by atoms with van der Waals surface area (Å²) in [5.74, 6) is -1.10. The van der Waals surface area contributed by atoms with Crippen LogP contribution in [-0.2, 0) is 14.8 Å². The van der Waals surface area contributed by atoms with Crippen molar-refractivity contribution in [1.82, 2.24) is 14.7 Å². The number of anilines is 1. The van der Waals surface area contributed by atoms with Gasteiger partial charge in [0.05, 0.1) is 10.6 Å². The molecule has 1 aliphatic heterocycles. The van der Waals surface area contributed by atoms with Crippen LogP contribution in [0, 0.1) is 5.82 Å². The Morgan fingerprint density at radius 3 is 2.47 bits per heavy atom. The van der Waals surface area contributed by atoms with E-state index in [-0.39, 0.29) is 23.5 Å². The van der Waals surface area contributed by atoms with Gasteiger partial charge in [-0.25, -0.2) is 22.8 Å². The average Bonchev–Trinajstić information content (AvgIpc) is 3.18. The van der Waals surface area contributed by atoms with Gasteiger partial charge in [0.1, 0.15) is 18.2 Å². The highest BCUT2D eigenvalue weighted by molar-refractivity contribution is 7.89. The Balaban J connectivity index is 1.35. The van der Waals surface area contributed by atoms with Gasteiger partial charge in [-0.3, -0.25) is 4.79 Å². The second-order valence-electron chi connectivity index (χ2n) is 7.90. The van der Waals surface area contributed by atoms with Crippen molar-refractivity contribution in [3.63, 3.8) is 0 Å².